The molecule has 1 aromatic carbocycles. The highest BCUT2D eigenvalue weighted by atomic mass is 19.1. The Morgan fingerprint density at radius 3 is 2.71 bits per heavy atom. The van der Waals surface area contributed by atoms with Gasteiger partial charge in [0.1, 0.15) is 5.82 Å². The molecule has 1 aromatic heterocycles. The Morgan fingerprint density at radius 1 is 1.38 bits per heavy atom. The minimum Gasteiger partial charge on any atom is -0.380 e. The van der Waals surface area contributed by atoms with Crippen LogP contribution in [-0.2, 0) is 4.74 Å². The van der Waals surface area contributed by atoms with Crippen molar-refractivity contribution in [3.8, 4) is 11.1 Å². The van der Waals surface area contributed by atoms with Gasteiger partial charge < -0.3 is 15.4 Å². The van der Waals surface area contributed by atoms with E-state index in [4.69, 9.17) is 10.5 Å². The second-order valence-electron chi connectivity index (χ2n) is 6.58. The summed E-state index contributed by atoms with van der Waals surface area (Å²) in [6.07, 6.45) is 1.71. The summed E-state index contributed by atoms with van der Waals surface area (Å²) in [7, 11) is 0. The molecule has 2 fully saturated rings. The van der Waals surface area contributed by atoms with Crippen molar-refractivity contribution in [1.29, 1.82) is 0 Å². The molecule has 0 radical (unpaired) electrons. The molecule has 3 heterocycles. The zero-order valence-corrected chi connectivity index (χ0v) is 13.3. The molecule has 0 aliphatic carbocycles. The lowest BCUT2D eigenvalue weighted by molar-refractivity contribution is -0.127. The molecule has 0 saturated carbocycles. The molecular weight excluding hydrogens is 311 g/mol. The monoisotopic (exact) mass is 328 g/mol. The first-order chi connectivity index (χ1) is 11.5. The first kappa shape index (κ1) is 15.0. The number of hydrogen-bond donors (Lipinski definition) is 1. The number of rotatable bonds is 3. The Balaban J connectivity index is 1.61. The Kier molecular flexibility index (Phi) is 3.28. The van der Waals surface area contributed by atoms with Crippen LogP contribution >= 0.6 is 0 Å². The van der Waals surface area contributed by atoms with Gasteiger partial charge in [0.15, 0.2) is 0 Å². The van der Waals surface area contributed by atoms with Crippen molar-refractivity contribution in [2.75, 3.05) is 31.2 Å². The van der Waals surface area contributed by atoms with Crippen LogP contribution in [0.1, 0.15) is 16.1 Å². The molecule has 2 aliphatic rings. The number of anilines is 1. The number of benzene rings is 1. The van der Waals surface area contributed by atoms with Gasteiger partial charge in [0.25, 0.3) is 5.91 Å². The van der Waals surface area contributed by atoms with Crippen LogP contribution in [0.4, 0.5) is 10.3 Å². The lowest BCUT2D eigenvalue weighted by Crippen LogP contribution is -2.66. The third-order valence-electron chi connectivity index (χ3n) is 4.66. The molecule has 2 aromatic rings. The quantitative estimate of drug-likeness (QED) is 0.924. The van der Waals surface area contributed by atoms with E-state index < -0.39 is 11.7 Å². The topological polar surface area (TPSA) is 81.3 Å². The molecule has 2 aliphatic heterocycles. The second-order valence-corrected chi connectivity index (χ2v) is 6.58. The molecule has 6 nitrogen and oxygen atoms in total. The van der Waals surface area contributed by atoms with Gasteiger partial charge in [-0.15, -0.1) is 0 Å². The summed E-state index contributed by atoms with van der Waals surface area (Å²) in [6.45, 7) is 5.32. The fraction of sp³-hybridized carbons (Fsp3) is 0.353. The molecule has 1 spiro atoms. The summed E-state index contributed by atoms with van der Waals surface area (Å²) in [5.41, 5.74) is 7.56. The van der Waals surface area contributed by atoms with Crippen molar-refractivity contribution in [1.82, 2.24) is 9.97 Å². The normalized spacial score (nSPS) is 18.2. The van der Waals surface area contributed by atoms with Crippen LogP contribution < -0.4 is 10.6 Å². The number of carbonyl (C=O) groups is 1. The number of halogens is 1. The van der Waals surface area contributed by atoms with Gasteiger partial charge in [0, 0.05) is 24.8 Å². The van der Waals surface area contributed by atoms with Gasteiger partial charge in [0.05, 0.1) is 29.9 Å². The number of amides is 1. The minimum atomic E-state index is -0.793. The van der Waals surface area contributed by atoms with E-state index in [9.17, 15) is 9.18 Å². The van der Waals surface area contributed by atoms with Gasteiger partial charge in [-0.2, -0.15) is 0 Å². The maximum atomic E-state index is 13.6. The van der Waals surface area contributed by atoms with E-state index in [0.29, 0.717) is 16.9 Å². The largest absolute Gasteiger partial charge is 0.380 e. The Morgan fingerprint density at radius 2 is 2.12 bits per heavy atom. The molecule has 24 heavy (non-hydrogen) atoms. The van der Waals surface area contributed by atoms with E-state index >= 15 is 0 Å². The van der Waals surface area contributed by atoms with Crippen LogP contribution in [0.2, 0.25) is 0 Å². The standard InChI is InChI=1S/C17H17FN4O2/c1-10-13(11-2-3-14(18)12(4-11)15(19)23)5-20-16(21-10)22-6-17(7-22)8-24-9-17/h2-5H,6-9H2,1H3,(H2,19,23). The highest BCUT2D eigenvalue weighted by Gasteiger charge is 2.49. The van der Waals surface area contributed by atoms with E-state index in [0.717, 1.165) is 37.6 Å². The van der Waals surface area contributed by atoms with Crippen molar-refractivity contribution in [3.63, 3.8) is 0 Å². The first-order valence-corrected chi connectivity index (χ1v) is 7.74. The minimum absolute atomic E-state index is 0.134. The molecule has 2 saturated heterocycles. The summed E-state index contributed by atoms with van der Waals surface area (Å²) < 4.78 is 18.9. The summed E-state index contributed by atoms with van der Waals surface area (Å²) >= 11 is 0. The fourth-order valence-electron chi connectivity index (χ4n) is 3.25. The Labute approximate surface area is 138 Å². The number of nitrogens with zero attached hydrogens (tertiary/aromatic N) is 3. The number of hydrogen-bond acceptors (Lipinski definition) is 5. The van der Waals surface area contributed by atoms with Crippen LogP contribution in [0.25, 0.3) is 11.1 Å². The third kappa shape index (κ3) is 2.32. The molecule has 0 unspecified atom stereocenters. The van der Waals surface area contributed by atoms with Gasteiger partial charge in [-0.1, -0.05) is 6.07 Å². The first-order valence-electron chi connectivity index (χ1n) is 7.74. The molecule has 2 N–H and O–H groups in total. The predicted molar refractivity (Wildman–Crippen MR) is 86.1 cm³/mol. The highest BCUT2D eigenvalue weighted by molar-refractivity contribution is 5.94. The Bertz CT molecular complexity index is 827. The smallest absolute Gasteiger partial charge is 0.251 e. The van der Waals surface area contributed by atoms with Crippen molar-refractivity contribution in [2.45, 2.75) is 6.92 Å². The molecule has 7 heteroatoms. The highest BCUT2D eigenvalue weighted by Crippen LogP contribution is 2.39. The van der Waals surface area contributed by atoms with E-state index in [-0.39, 0.29) is 5.56 Å². The second kappa shape index (κ2) is 5.24. The van der Waals surface area contributed by atoms with Gasteiger partial charge in [-0.3, -0.25) is 4.79 Å². The number of ether oxygens (including phenoxy) is 1. The van der Waals surface area contributed by atoms with Gasteiger partial charge in [0.2, 0.25) is 5.95 Å². The lowest BCUT2D eigenvalue weighted by Gasteiger charge is -2.54. The molecule has 124 valence electrons. The summed E-state index contributed by atoms with van der Waals surface area (Å²) in [6, 6.07) is 4.27. The molecule has 0 bridgehead atoms. The number of carbonyl (C=O) groups excluding carboxylic acids is 1. The van der Waals surface area contributed by atoms with E-state index in [2.05, 4.69) is 14.9 Å². The van der Waals surface area contributed by atoms with Gasteiger partial charge >= 0.3 is 0 Å². The predicted octanol–water partition coefficient (Wildman–Crippen LogP) is 1.53. The Hall–Kier alpha value is -2.54. The average molecular weight is 328 g/mol. The van der Waals surface area contributed by atoms with Crippen LogP contribution in [0.5, 0.6) is 0 Å². The zero-order valence-electron chi connectivity index (χ0n) is 13.3. The van der Waals surface area contributed by atoms with Crippen molar-refractivity contribution in [2.24, 2.45) is 11.1 Å². The molecule has 1 amide bonds. The van der Waals surface area contributed by atoms with E-state index in [1.165, 1.54) is 12.1 Å². The number of primary amides is 1. The van der Waals surface area contributed by atoms with Crippen LogP contribution in [0.15, 0.2) is 24.4 Å². The number of aryl methyl sites for hydroxylation is 1. The van der Waals surface area contributed by atoms with Crippen LogP contribution in [0, 0.1) is 18.2 Å². The summed E-state index contributed by atoms with van der Waals surface area (Å²) in [5, 5.41) is 0. The van der Waals surface area contributed by atoms with E-state index in [1.807, 2.05) is 6.92 Å². The summed E-state index contributed by atoms with van der Waals surface area (Å²) in [4.78, 5) is 22.4. The molecule has 0 atom stereocenters. The van der Waals surface area contributed by atoms with Crippen LogP contribution in [0.3, 0.4) is 0 Å². The van der Waals surface area contributed by atoms with Crippen molar-refractivity contribution >= 4 is 11.9 Å². The zero-order chi connectivity index (χ0) is 16.9. The average Bonchev–Trinajstić information content (AvgIpc) is 2.45. The summed E-state index contributed by atoms with van der Waals surface area (Å²) in [5.74, 6) is -0.737. The van der Waals surface area contributed by atoms with Crippen LogP contribution in [-0.4, -0.2) is 42.2 Å². The maximum absolute atomic E-state index is 13.6. The lowest BCUT2D eigenvalue weighted by atomic mass is 9.78. The maximum Gasteiger partial charge on any atom is 0.251 e. The third-order valence-corrected chi connectivity index (χ3v) is 4.66. The van der Waals surface area contributed by atoms with Crippen molar-refractivity contribution < 1.29 is 13.9 Å². The SMILES string of the molecule is Cc1nc(N2CC3(COC3)C2)ncc1-c1ccc(F)c(C(N)=O)c1. The molecule has 4 rings (SSSR count). The van der Waals surface area contributed by atoms with Gasteiger partial charge in [-0.25, -0.2) is 14.4 Å². The van der Waals surface area contributed by atoms with Crippen molar-refractivity contribution in [3.05, 3.63) is 41.5 Å². The molecular formula is C17H17FN4O2. The number of aromatic nitrogens is 2. The fourth-order valence-corrected chi connectivity index (χ4v) is 3.25. The van der Waals surface area contributed by atoms with E-state index in [1.54, 1.807) is 12.3 Å². The number of nitrogens with two attached hydrogens (primary N) is 1. The van der Waals surface area contributed by atoms with Gasteiger partial charge in [-0.05, 0) is 24.6 Å².